The molecule has 0 radical (unpaired) electrons. The Morgan fingerprint density at radius 3 is 2.80 bits per heavy atom. The molecule has 154 valence electrons. The smallest absolute Gasteiger partial charge is 0.331 e. The molecular weight excluding hydrogens is 416 g/mol. The fourth-order valence-corrected chi connectivity index (χ4v) is 3.01. The number of carbonyl (C=O) groups excluding carboxylic acids is 2. The second kappa shape index (κ2) is 9.79. The van der Waals surface area contributed by atoms with Crippen molar-refractivity contribution in [3.05, 3.63) is 76.2 Å². The van der Waals surface area contributed by atoms with Crippen LogP contribution in [0.2, 0.25) is 0 Å². The van der Waals surface area contributed by atoms with Crippen LogP contribution in [0.3, 0.4) is 0 Å². The zero-order valence-corrected chi connectivity index (χ0v) is 16.4. The van der Waals surface area contributed by atoms with Crippen LogP contribution in [-0.4, -0.2) is 30.4 Å². The maximum absolute atomic E-state index is 13.3. The summed E-state index contributed by atoms with van der Waals surface area (Å²) >= 11 is 0.962. The van der Waals surface area contributed by atoms with Crippen molar-refractivity contribution in [2.45, 2.75) is 6.61 Å². The number of amides is 1. The van der Waals surface area contributed by atoms with Gasteiger partial charge in [-0.1, -0.05) is 18.2 Å². The van der Waals surface area contributed by atoms with Crippen molar-refractivity contribution in [2.75, 3.05) is 7.11 Å². The van der Waals surface area contributed by atoms with Crippen LogP contribution in [0.1, 0.15) is 11.1 Å². The van der Waals surface area contributed by atoms with Crippen LogP contribution in [-0.2, 0) is 20.9 Å². The molecule has 0 saturated carbocycles. The first-order chi connectivity index (χ1) is 14.4. The lowest BCUT2D eigenvalue weighted by molar-refractivity contribution is -0.135. The summed E-state index contributed by atoms with van der Waals surface area (Å²) in [5, 5.41) is 10.5. The van der Waals surface area contributed by atoms with Crippen molar-refractivity contribution in [1.29, 1.82) is 0 Å². The van der Waals surface area contributed by atoms with Gasteiger partial charge in [0.1, 0.15) is 12.4 Å². The highest BCUT2D eigenvalue weighted by Crippen LogP contribution is 2.23. The lowest BCUT2D eigenvalue weighted by Crippen LogP contribution is -2.19. The number of methoxy groups -OCH3 is 1. The van der Waals surface area contributed by atoms with Gasteiger partial charge in [0.05, 0.1) is 18.2 Å². The molecule has 2 aromatic rings. The first kappa shape index (κ1) is 21.2. The van der Waals surface area contributed by atoms with Crippen molar-refractivity contribution < 1.29 is 27.8 Å². The summed E-state index contributed by atoms with van der Waals surface area (Å²) in [5.74, 6) is -2.45. The molecule has 1 N–H and O–H groups in total. The standard InChI is InChI=1S/C20H15F2N3O4S/c1-28-18(26)9-17-19(27)24-20(30-17)25-23-10-12-3-2-4-14(7-12)29-11-13-5-6-15(21)16(22)8-13/h2-10H,11H2,1H3,(H,24,25,27)/b17-9+,23-10?. The monoisotopic (exact) mass is 431 g/mol. The van der Waals surface area contributed by atoms with E-state index >= 15 is 0 Å². The van der Waals surface area contributed by atoms with Crippen molar-refractivity contribution in [3.63, 3.8) is 0 Å². The van der Waals surface area contributed by atoms with E-state index in [0.717, 1.165) is 30.0 Å². The quantitative estimate of drug-likeness (QED) is 0.329. The fourth-order valence-electron chi connectivity index (χ4n) is 2.27. The Kier molecular flexibility index (Phi) is 6.91. The normalized spacial score (nSPS) is 16.3. The molecule has 0 bridgehead atoms. The first-order valence-electron chi connectivity index (χ1n) is 8.51. The molecule has 0 aliphatic carbocycles. The highest BCUT2D eigenvalue weighted by Gasteiger charge is 2.24. The molecule has 0 atom stereocenters. The second-order valence-electron chi connectivity index (χ2n) is 5.85. The van der Waals surface area contributed by atoms with E-state index in [2.05, 4.69) is 20.3 Å². The molecule has 1 saturated heterocycles. The number of benzene rings is 2. The van der Waals surface area contributed by atoms with Gasteiger partial charge in [-0.25, -0.2) is 13.6 Å². The number of rotatable bonds is 6. The number of esters is 1. The number of hydrogen-bond acceptors (Lipinski definition) is 7. The average Bonchev–Trinajstić information content (AvgIpc) is 3.08. The summed E-state index contributed by atoms with van der Waals surface area (Å²) in [7, 11) is 1.21. The summed E-state index contributed by atoms with van der Waals surface area (Å²) in [4.78, 5) is 23.1. The van der Waals surface area contributed by atoms with Crippen molar-refractivity contribution in [1.82, 2.24) is 5.32 Å². The minimum Gasteiger partial charge on any atom is -0.489 e. The number of nitrogens with one attached hydrogen (secondary N) is 1. The van der Waals surface area contributed by atoms with E-state index in [1.807, 2.05) is 0 Å². The fraction of sp³-hybridized carbons (Fsp3) is 0.100. The number of amidine groups is 1. The molecule has 0 spiro atoms. The Balaban J connectivity index is 1.61. The molecule has 30 heavy (non-hydrogen) atoms. The highest BCUT2D eigenvalue weighted by atomic mass is 32.2. The number of hydrogen-bond donors (Lipinski definition) is 1. The molecule has 1 aliphatic heterocycles. The minimum absolute atomic E-state index is 0.0675. The molecule has 7 nitrogen and oxygen atoms in total. The Hall–Kier alpha value is -3.53. The largest absolute Gasteiger partial charge is 0.489 e. The summed E-state index contributed by atoms with van der Waals surface area (Å²) < 4.78 is 36.3. The number of thioether (sulfide) groups is 1. The van der Waals surface area contributed by atoms with Crippen LogP contribution in [0.4, 0.5) is 8.78 Å². The van der Waals surface area contributed by atoms with Gasteiger partial charge in [-0.05, 0) is 47.2 Å². The van der Waals surface area contributed by atoms with Crippen LogP contribution < -0.4 is 10.1 Å². The lowest BCUT2D eigenvalue weighted by Gasteiger charge is -2.07. The van der Waals surface area contributed by atoms with Gasteiger partial charge in [0.2, 0.25) is 0 Å². The third-order valence-electron chi connectivity index (χ3n) is 3.70. The van der Waals surface area contributed by atoms with E-state index in [1.54, 1.807) is 24.3 Å². The van der Waals surface area contributed by atoms with Crippen LogP contribution >= 0.6 is 11.8 Å². The summed E-state index contributed by atoms with van der Waals surface area (Å²) in [5.41, 5.74) is 1.16. The zero-order valence-electron chi connectivity index (χ0n) is 15.6. The van der Waals surface area contributed by atoms with E-state index in [4.69, 9.17) is 4.74 Å². The molecule has 3 rings (SSSR count). The Morgan fingerprint density at radius 1 is 1.20 bits per heavy atom. The van der Waals surface area contributed by atoms with E-state index in [0.29, 0.717) is 16.9 Å². The molecule has 1 fully saturated rings. The summed E-state index contributed by atoms with van der Waals surface area (Å²) in [6, 6.07) is 10.5. The van der Waals surface area contributed by atoms with Gasteiger partial charge in [-0.2, -0.15) is 5.10 Å². The molecule has 10 heteroatoms. The van der Waals surface area contributed by atoms with Gasteiger partial charge >= 0.3 is 5.97 Å². The molecule has 1 aliphatic rings. The van der Waals surface area contributed by atoms with Gasteiger partial charge in [0.15, 0.2) is 16.8 Å². The van der Waals surface area contributed by atoms with Gasteiger partial charge in [-0.15, -0.1) is 5.10 Å². The minimum atomic E-state index is -0.933. The summed E-state index contributed by atoms with van der Waals surface area (Å²) in [6.07, 6.45) is 2.52. The Bertz CT molecular complexity index is 1070. The zero-order chi connectivity index (χ0) is 21.5. The SMILES string of the molecule is COC(=O)/C=C1/S/C(=N\N=Cc2cccc(OCc3ccc(F)c(F)c3)c2)NC1=O. The molecule has 0 unspecified atom stereocenters. The van der Waals surface area contributed by atoms with Crippen LogP contribution in [0.15, 0.2) is 63.6 Å². The molecule has 1 heterocycles. The van der Waals surface area contributed by atoms with Crippen molar-refractivity contribution >= 4 is 35.0 Å². The maximum Gasteiger partial charge on any atom is 0.331 e. The number of ether oxygens (including phenoxy) is 2. The van der Waals surface area contributed by atoms with E-state index in [-0.39, 0.29) is 16.7 Å². The average molecular weight is 431 g/mol. The Morgan fingerprint density at radius 2 is 2.03 bits per heavy atom. The molecular formula is C20H15F2N3O4S. The maximum atomic E-state index is 13.3. The van der Waals surface area contributed by atoms with Gasteiger partial charge in [-0.3, -0.25) is 10.1 Å². The Labute approximate surface area is 174 Å². The van der Waals surface area contributed by atoms with Gasteiger partial charge in [0.25, 0.3) is 5.91 Å². The highest BCUT2D eigenvalue weighted by molar-refractivity contribution is 8.18. The first-order valence-corrected chi connectivity index (χ1v) is 9.33. The van der Waals surface area contributed by atoms with Gasteiger partial charge < -0.3 is 9.47 Å². The van der Waals surface area contributed by atoms with Crippen LogP contribution in [0.5, 0.6) is 5.75 Å². The molecule has 2 aromatic carbocycles. The predicted octanol–water partition coefficient (Wildman–Crippen LogP) is 3.15. The third-order valence-corrected chi connectivity index (χ3v) is 4.60. The summed E-state index contributed by atoms with van der Waals surface area (Å²) in [6.45, 7) is 0.0675. The number of nitrogens with zero attached hydrogens (tertiary/aromatic N) is 2. The third kappa shape index (κ3) is 5.74. The van der Waals surface area contributed by atoms with E-state index < -0.39 is 23.5 Å². The number of carbonyl (C=O) groups is 2. The molecule has 0 aromatic heterocycles. The topological polar surface area (TPSA) is 89.3 Å². The van der Waals surface area contributed by atoms with Gasteiger partial charge in [0, 0.05) is 6.08 Å². The van der Waals surface area contributed by atoms with Crippen LogP contribution in [0, 0.1) is 11.6 Å². The lowest BCUT2D eigenvalue weighted by atomic mass is 10.2. The van der Waals surface area contributed by atoms with Crippen LogP contribution in [0.25, 0.3) is 0 Å². The second-order valence-corrected chi connectivity index (χ2v) is 6.88. The van der Waals surface area contributed by atoms with E-state index in [9.17, 15) is 18.4 Å². The number of halogens is 2. The van der Waals surface area contributed by atoms with Crippen molar-refractivity contribution in [2.24, 2.45) is 10.2 Å². The van der Waals surface area contributed by atoms with Crippen molar-refractivity contribution in [3.8, 4) is 5.75 Å². The predicted molar refractivity (Wildman–Crippen MR) is 108 cm³/mol. The van der Waals surface area contributed by atoms with E-state index in [1.165, 1.54) is 19.4 Å². The molecule has 1 amide bonds.